The van der Waals surface area contributed by atoms with E-state index in [9.17, 15) is 4.79 Å². The number of hydrogen-bond donors (Lipinski definition) is 1. The smallest absolute Gasteiger partial charge is 0.234 e. The van der Waals surface area contributed by atoms with E-state index in [1.54, 1.807) is 12.3 Å². The molecule has 0 radical (unpaired) electrons. The molecule has 2 aromatic heterocycles. The Morgan fingerprint density at radius 2 is 1.94 bits per heavy atom. The minimum atomic E-state index is -0.118. The van der Waals surface area contributed by atoms with Crippen molar-refractivity contribution in [3.05, 3.63) is 89.7 Å². The van der Waals surface area contributed by atoms with Gasteiger partial charge in [0.15, 0.2) is 0 Å². The molecule has 0 atom stereocenters. The van der Waals surface area contributed by atoms with Gasteiger partial charge in [-0.2, -0.15) is 5.10 Å². The zero-order valence-corrected chi connectivity index (χ0v) is 18.8. The van der Waals surface area contributed by atoms with Gasteiger partial charge in [0.05, 0.1) is 17.0 Å². The van der Waals surface area contributed by atoms with E-state index in [0.29, 0.717) is 10.7 Å². The molecule has 0 saturated heterocycles. The second kappa shape index (κ2) is 8.65. The van der Waals surface area contributed by atoms with Crippen LogP contribution in [0.2, 0.25) is 5.02 Å². The van der Waals surface area contributed by atoms with Crippen molar-refractivity contribution in [3.63, 3.8) is 0 Å². The van der Waals surface area contributed by atoms with Crippen LogP contribution in [-0.2, 0) is 4.79 Å². The third-order valence-corrected chi connectivity index (χ3v) is 6.62. The molecule has 1 amide bonds. The van der Waals surface area contributed by atoms with Gasteiger partial charge in [-0.25, -0.2) is 9.50 Å². The summed E-state index contributed by atoms with van der Waals surface area (Å²) in [6.07, 6.45) is 3.52. The maximum Gasteiger partial charge on any atom is 0.234 e. The Balaban J connectivity index is 1.39. The van der Waals surface area contributed by atoms with Crippen molar-refractivity contribution in [3.8, 4) is 11.3 Å². The van der Waals surface area contributed by atoms with Crippen molar-refractivity contribution in [2.24, 2.45) is 0 Å². The maximum absolute atomic E-state index is 12.5. The summed E-state index contributed by atoms with van der Waals surface area (Å²) in [4.78, 5) is 16.9. The van der Waals surface area contributed by atoms with Gasteiger partial charge < -0.3 is 5.32 Å². The molecule has 0 spiro atoms. The van der Waals surface area contributed by atoms with E-state index in [1.807, 2.05) is 54.0 Å². The first-order valence-corrected chi connectivity index (χ1v) is 11.5. The lowest BCUT2D eigenvalue weighted by atomic mass is 10.0. The number of fused-ring (bicyclic) bond motifs is 2. The molecule has 5 nitrogen and oxygen atoms in total. The standard InChI is InChI=1S/C25H19ClN4OS/c1-16-9-10-18(13-21(16)26)28-24(31)15-32-25-23-14-22(29-30(23)12-11-27-25)20-8-4-6-17-5-2-3-7-19(17)20/h2-14H,15H2,1H3,(H,28,31). The second-order valence-corrected chi connectivity index (χ2v) is 8.79. The van der Waals surface area contributed by atoms with E-state index in [1.165, 1.54) is 17.1 Å². The molecule has 2 heterocycles. The number of aryl methyl sites for hydroxylation is 1. The molecule has 5 aromatic rings. The van der Waals surface area contributed by atoms with Gasteiger partial charge >= 0.3 is 0 Å². The number of hydrogen-bond acceptors (Lipinski definition) is 4. The van der Waals surface area contributed by atoms with Crippen LogP contribution in [0.25, 0.3) is 27.5 Å². The molecule has 158 valence electrons. The Kier molecular flexibility index (Phi) is 5.55. The summed E-state index contributed by atoms with van der Waals surface area (Å²) in [6, 6.07) is 22.0. The van der Waals surface area contributed by atoms with Gasteiger partial charge in [-0.15, -0.1) is 0 Å². The minimum Gasteiger partial charge on any atom is -0.325 e. The highest BCUT2D eigenvalue weighted by molar-refractivity contribution is 8.00. The van der Waals surface area contributed by atoms with E-state index in [2.05, 4.69) is 34.6 Å². The highest BCUT2D eigenvalue weighted by Crippen LogP contribution is 2.30. The van der Waals surface area contributed by atoms with E-state index in [-0.39, 0.29) is 11.7 Å². The van der Waals surface area contributed by atoms with Crippen LogP contribution in [0.4, 0.5) is 5.69 Å². The molecule has 0 aliphatic heterocycles. The molecule has 0 saturated carbocycles. The van der Waals surface area contributed by atoms with Crippen molar-refractivity contribution in [1.82, 2.24) is 14.6 Å². The van der Waals surface area contributed by atoms with Crippen LogP contribution in [0.3, 0.4) is 0 Å². The monoisotopic (exact) mass is 458 g/mol. The van der Waals surface area contributed by atoms with Crippen molar-refractivity contribution < 1.29 is 4.79 Å². The molecule has 0 unspecified atom stereocenters. The highest BCUT2D eigenvalue weighted by atomic mass is 35.5. The van der Waals surface area contributed by atoms with E-state index in [4.69, 9.17) is 16.7 Å². The SMILES string of the molecule is Cc1ccc(NC(=O)CSc2nccn3nc(-c4cccc5ccccc45)cc23)cc1Cl. The predicted octanol–water partition coefficient (Wildman–Crippen LogP) is 6.24. The molecule has 0 aliphatic rings. The van der Waals surface area contributed by atoms with Crippen LogP contribution in [0, 0.1) is 6.92 Å². The van der Waals surface area contributed by atoms with Gasteiger partial charge in [0.1, 0.15) is 5.03 Å². The van der Waals surface area contributed by atoms with Crippen molar-refractivity contribution >= 4 is 51.2 Å². The lowest BCUT2D eigenvalue weighted by Gasteiger charge is -2.07. The number of nitrogens with zero attached hydrogens (tertiary/aromatic N) is 3. The molecule has 1 N–H and O–H groups in total. The lowest BCUT2D eigenvalue weighted by molar-refractivity contribution is -0.113. The normalized spacial score (nSPS) is 11.2. The summed E-state index contributed by atoms with van der Waals surface area (Å²) < 4.78 is 1.81. The van der Waals surface area contributed by atoms with Crippen molar-refractivity contribution in [2.45, 2.75) is 11.9 Å². The number of anilines is 1. The fourth-order valence-electron chi connectivity index (χ4n) is 3.59. The molecule has 32 heavy (non-hydrogen) atoms. The first-order chi connectivity index (χ1) is 15.6. The number of carbonyl (C=O) groups excluding carboxylic acids is 1. The van der Waals surface area contributed by atoms with Gasteiger partial charge in [-0.1, -0.05) is 71.9 Å². The van der Waals surface area contributed by atoms with Crippen LogP contribution in [0.1, 0.15) is 5.56 Å². The Bertz CT molecular complexity index is 1460. The zero-order chi connectivity index (χ0) is 22.1. The Morgan fingerprint density at radius 3 is 2.81 bits per heavy atom. The number of carbonyl (C=O) groups is 1. The molecule has 0 fully saturated rings. The zero-order valence-electron chi connectivity index (χ0n) is 17.2. The average Bonchev–Trinajstić information content (AvgIpc) is 3.24. The molecule has 7 heteroatoms. The maximum atomic E-state index is 12.5. The first kappa shape index (κ1) is 20.5. The first-order valence-electron chi connectivity index (χ1n) is 10.1. The second-order valence-electron chi connectivity index (χ2n) is 7.42. The number of aromatic nitrogens is 3. The Hall–Kier alpha value is -3.35. The van der Waals surface area contributed by atoms with Crippen LogP contribution < -0.4 is 5.32 Å². The summed E-state index contributed by atoms with van der Waals surface area (Å²) in [5, 5.41) is 11.3. The van der Waals surface area contributed by atoms with Gasteiger partial charge in [-0.3, -0.25) is 4.79 Å². The van der Waals surface area contributed by atoms with Gasteiger partial charge in [0.2, 0.25) is 5.91 Å². The number of benzene rings is 3. The van der Waals surface area contributed by atoms with Crippen molar-refractivity contribution in [1.29, 1.82) is 0 Å². The topological polar surface area (TPSA) is 59.3 Å². The number of amides is 1. The summed E-state index contributed by atoms with van der Waals surface area (Å²) in [6.45, 7) is 1.92. The summed E-state index contributed by atoms with van der Waals surface area (Å²) in [5.74, 6) is 0.111. The molecule has 0 aliphatic carbocycles. The van der Waals surface area contributed by atoms with Crippen LogP contribution in [0.5, 0.6) is 0 Å². The highest BCUT2D eigenvalue weighted by Gasteiger charge is 2.13. The van der Waals surface area contributed by atoms with Gasteiger partial charge in [-0.05, 0) is 41.5 Å². The molecular weight excluding hydrogens is 440 g/mol. The number of rotatable bonds is 5. The summed E-state index contributed by atoms with van der Waals surface area (Å²) in [5.41, 5.74) is 4.45. The van der Waals surface area contributed by atoms with E-state index < -0.39 is 0 Å². The van der Waals surface area contributed by atoms with E-state index in [0.717, 1.165) is 32.7 Å². The third-order valence-electron chi connectivity index (χ3n) is 5.22. The van der Waals surface area contributed by atoms with Crippen LogP contribution in [-0.4, -0.2) is 26.3 Å². The van der Waals surface area contributed by atoms with Crippen LogP contribution in [0.15, 0.2) is 84.1 Å². The molecular formula is C25H19ClN4OS. The number of nitrogens with one attached hydrogen (secondary N) is 1. The van der Waals surface area contributed by atoms with Crippen LogP contribution >= 0.6 is 23.4 Å². The Labute approximate surface area is 194 Å². The Morgan fingerprint density at radius 1 is 1.09 bits per heavy atom. The largest absolute Gasteiger partial charge is 0.325 e. The molecule has 3 aromatic carbocycles. The average molecular weight is 459 g/mol. The number of thioether (sulfide) groups is 1. The molecule has 0 bridgehead atoms. The predicted molar refractivity (Wildman–Crippen MR) is 131 cm³/mol. The lowest BCUT2D eigenvalue weighted by Crippen LogP contribution is -2.14. The quantitative estimate of drug-likeness (QED) is 0.316. The fourth-order valence-corrected chi connectivity index (χ4v) is 4.55. The fraction of sp³-hybridized carbons (Fsp3) is 0.0800. The third kappa shape index (κ3) is 4.07. The minimum absolute atomic E-state index is 0.118. The summed E-state index contributed by atoms with van der Waals surface area (Å²) >= 11 is 7.53. The van der Waals surface area contributed by atoms with Gasteiger partial charge in [0, 0.05) is 28.7 Å². The van der Waals surface area contributed by atoms with Gasteiger partial charge in [0.25, 0.3) is 0 Å². The van der Waals surface area contributed by atoms with Crippen molar-refractivity contribution in [2.75, 3.05) is 11.1 Å². The number of halogens is 1. The van der Waals surface area contributed by atoms with E-state index >= 15 is 0 Å². The molecule has 5 rings (SSSR count). The summed E-state index contributed by atoms with van der Waals surface area (Å²) in [7, 11) is 0.